The topological polar surface area (TPSA) is 3.24 Å². The molecular formula is C40H62NP. The van der Waals surface area contributed by atoms with Crippen LogP contribution in [0.3, 0.4) is 0 Å². The predicted octanol–water partition coefficient (Wildman–Crippen LogP) is 13.2. The molecule has 0 N–H and O–H groups in total. The zero-order valence-electron chi connectivity index (χ0n) is 27.9. The molecule has 0 aromatic heterocycles. The number of hydrogen-bond donors (Lipinski definition) is 0. The zero-order chi connectivity index (χ0) is 30.0. The molecule has 3 aromatic rings. The average Bonchev–Trinajstić information content (AvgIpc) is 3.01. The fourth-order valence-corrected chi connectivity index (χ4v) is 12.2. The number of aryl methyl sites for hydroxylation is 2. The van der Waals surface area contributed by atoms with E-state index >= 15 is 0 Å². The van der Waals surface area contributed by atoms with Crippen molar-refractivity contribution >= 4 is 24.3 Å². The number of hydrogen-bond acceptors (Lipinski definition) is 1. The van der Waals surface area contributed by atoms with Gasteiger partial charge in [-0.15, -0.1) is 0 Å². The molecule has 0 spiro atoms. The van der Waals surface area contributed by atoms with Gasteiger partial charge in [0.15, 0.2) is 0 Å². The Morgan fingerprint density at radius 2 is 0.976 bits per heavy atom. The van der Waals surface area contributed by atoms with Crippen LogP contribution < -0.4 is 4.90 Å². The summed E-state index contributed by atoms with van der Waals surface area (Å²) in [4.78, 5) is 2.46. The third-order valence-electron chi connectivity index (χ3n) is 9.39. The van der Waals surface area contributed by atoms with Crippen LogP contribution in [-0.2, 0) is 6.16 Å². The van der Waals surface area contributed by atoms with Crippen molar-refractivity contribution < 1.29 is 0 Å². The number of para-hydroxylation sites is 1. The molecule has 232 valence electrons. The third kappa shape index (κ3) is 11.2. The van der Waals surface area contributed by atoms with E-state index in [9.17, 15) is 0 Å². The van der Waals surface area contributed by atoms with E-state index in [0.717, 1.165) is 0 Å². The Bertz CT molecular complexity index is 1110. The molecule has 2 heteroatoms. The van der Waals surface area contributed by atoms with Crippen molar-refractivity contribution in [1.82, 2.24) is 0 Å². The summed E-state index contributed by atoms with van der Waals surface area (Å²) in [6.07, 6.45) is 24.2. The van der Waals surface area contributed by atoms with Crippen molar-refractivity contribution in [3.8, 4) is 0 Å². The van der Waals surface area contributed by atoms with Crippen molar-refractivity contribution in [2.45, 2.75) is 124 Å². The molecule has 42 heavy (non-hydrogen) atoms. The van der Waals surface area contributed by atoms with Gasteiger partial charge in [-0.2, -0.15) is 0 Å². The second-order valence-electron chi connectivity index (χ2n) is 13.1. The van der Waals surface area contributed by atoms with Crippen molar-refractivity contribution in [1.29, 1.82) is 0 Å². The van der Waals surface area contributed by atoms with Gasteiger partial charge in [0.25, 0.3) is 0 Å². The van der Waals surface area contributed by atoms with E-state index in [0.29, 0.717) is 0 Å². The standard InChI is InChI=1S/C40H62NP/c1-6-9-12-15-21-32-42(30-19-13-10-7-2,31-20-14-11-8-3)34-37-33-40(29-26-36(37)5)41(38-22-17-16-18-23-38)39-27-24-35(4)25-28-39/h16-18,22-29,33,42H,6-15,19-21,30-32,34H2,1-5H3. The van der Waals surface area contributed by atoms with Gasteiger partial charge in [0.2, 0.25) is 0 Å². The van der Waals surface area contributed by atoms with Gasteiger partial charge < -0.3 is 0 Å². The maximum absolute atomic E-state index is 2.57. The summed E-state index contributed by atoms with van der Waals surface area (Å²) in [6, 6.07) is 27.3. The van der Waals surface area contributed by atoms with E-state index in [4.69, 9.17) is 0 Å². The zero-order valence-corrected chi connectivity index (χ0v) is 28.9. The molecule has 3 rings (SSSR count). The maximum atomic E-state index is 2.57. The molecular weight excluding hydrogens is 525 g/mol. The molecule has 0 atom stereocenters. The first-order valence-corrected chi connectivity index (χ1v) is 20.4. The Hall–Kier alpha value is -2.11. The molecule has 0 saturated carbocycles. The summed E-state index contributed by atoms with van der Waals surface area (Å²) in [6.45, 7) is 11.6. The first kappa shape index (κ1) is 34.4. The summed E-state index contributed by atoms with van der Waals surface area (Å²) in [7, 11) is -1.47. The molecule has 0 saturated heterocycles. The second kappa shape index (κ2) is 19.2. The average molecular weight is 588 g/mol. The Morgan fingerprint density at radius 3 is 1.52 bits per heavy atom. The summed E-state index contributed by atoms with van der Waals surface area (Å²) in [5.74, 6) is 0. The summed E-state index contributed by atoms with van der Waals surface area (Å²) in [5.41, 5.74) is 8.17. The molecule has 1 nitrogen and oxygen atoms in total. The van der Waals surface area contributed by atoms with Crippen molar-refractivity contribution in [3.05, 3.63) is 89.5 Å². The molecule has 0 bridgehead atoms. The van der Waals surface area contributed by atoms with Gasteiger partial charge in [0.1, 0.15) is 0 Å². The Labute approximate surface area is 260 Å². The Morgan fingerprint density at radius 1 is 0.500 bits per heavy atom. The van der Waals surface area contributed by atoms with E-state index in [1.54, 1.807) is 5.56 Å². The van der Waals surface area contributed by atoms with Crippen molar-refractivity contribution in [2.24, 2.45) is 0 Å². The van der Waals surface area contributed by atoms with Crippen LogP contribution in [-0.4, -0.2) is 18.5 Å². The van der Waals surface area contributed by atoms with Gasteiger partial charge in [-0.3, -0.25) is 0 Å². The van der Waals surface area contributed by atoms with Crippen LogP contribution in [0, 0.1) is 13.8 Å². The van der Waals surface area contributed by atoms with Crippen molar-refractivity contribution in [3.63, 3.8) is 0 Å². The monoisotopic (exact) mass is 587 g/mol. The minimum atomic E-state index is -1.47. The second-order valence-corrected chi connectivity index (χ2v) is 17.9. The summed E-state index contributed by atoms with van der Waals surface area (Å²) < 4.78 is 0. The van der Waals surface area contributed by atoms with Crippen LogP contribution >= 0.6 is 7.26 Å². The van der Waals surface area contributed by atoms with E-state index in [1.807, 2.05) is 0 Å². The van der Waals surface area contributed by atoms with Crippen LogP contribution in [0.5, 0.6) is 0 Å². The molecule has 0 amide bonds. The van der Waals surface area contributed by atoms with Gasteiger partial charge in [-0.05, 0) is 0 Å². The number of unbranched alkanes of at least 4 members (excludes halogenated alkanes) is 10. The normalized spacial score (nSPS) is 12.0. The molecule has 3 aromatic carbocycles. The predicted molar refractivity (Wildman–Crippen MR) is 194 cm³/mol. The minimum absolute atomic E-state index is 1.23. The molecule has 0 aliphatic rings. The van der Waals surface area contributed by atoms with Gasteiger partial charge in [-0.1, -0.05) is 0 Å². The molecule has 0 heterocycles. The fraction of sp³-hybridized carbons (Fsp3) is 0.550. The SMILES string of the molecule is CCCCCCC[PH](CCCCCC)(CCCCCC)Cc1cc(N(c2ccccc2)c2ccc(C)cc2)ccc1C. The molecule has 0 aliphatic heterocycles. The van der Waals surface area contributed by atoms with E-state index in [2.05, 4.69) is 112 Å². The molecule has 0 radical (unpaired) electrons. The first-order chi connectivity index (χ1) is 20.5. The molecule has 0 aliphatic carbocycles. The van der Waals surface area contributed by atoms with Crippen molar-refractivity contribution in [2.75, 3.05) is 23.4 Å². The van der Waals surface area contributed by atoms with Crippen LogP contribution in [0.25, 0.3) is 0 Å². The number of rotatable bonds is 21. The van der Waals surface area contributed by atoms with Crippen LogP contribution in [0.2, 0.25) is 0 Å². The van der Waals surface area contributed by atoms with Crippen LogP contribution in [0.4, 0.5) is 17.1 Å². The van der Waals surface area contributed by atoms with Crippen LogP contribution in [0.15, 0.2) is 72.8 Å². The van der Waals surface area contributed by atoms with Crippen LogP contribution in [0.1, 0.15) is 121 Å². The van der Waals surface area contributed by atoms with Gasteiger partial charge in [0.05, 0.1) is 0 Å². The quantitative estimate of drug-likeness (QED) is 0.0885. The molecule has 0 unspecified atom stereocenters. The fourth-order valence-electron chi connectivity index (χ4n) is 6.71. The van der Waals surface area contributed by atoms with Gasteiger partial charge in [0, 0.05) is 0 Å². The number of anilines is 3. The van der Waals surface area contributed by atoms with Gasteiger partial charge >= 0.3 is 261 Å². The Kier molecular flexibility index (Phi) is 15.7. The first-order valence-electron chi connectivity index (χ1n) is 17.5. The Balaban J connectivity index is 1.97. The molecule has 0 fully saturated rings. The summed E-state index contributed by atoms with van der Waals surface area (Å²) >= 11 is 0. The van der Waals surface area contributed by atoms with E-state index in [-0.39, 0.29) is 0 Å². The number of benzene rings is 3. The van der Waals surface area contributed by atoms with E-state index in [1.165, 1.54) is 136 Å². The van der Waals surface area contributed by atoms with E-state index < -0.39 is 7.26 Å². The summed E-state index contributed by atoms with van der Waals surface area (Å²) in [5, 5.41) is 0. The van der Waals surface area contributed by atoms with Gasteiger partial charge in [-0.25, -0.2) is 0 Å². The number of nitrogens with zero attached hydrogens (tertiary/aromatic N) is 1. The third-order valence-corrected chi connectivity index (χ3v) is 14.8.